The van der Waals surface area contributed by atoms with Crippen LogP contribution < -0.4 is 14.8 Å². The van der Waals surface area contributed by atoms with E-state index in [1.165, 1.54) is 10.9 Å². The second-order valence-corrected chi connectivity index (χ2v) is 8.16. The van der Waals surface area contributed by atoms with Crippen LogP contribution in [0.3, 0.4) is 0 Å². The molecule has 0 aliphatic carbocycles. The fourth-order valence-electron chi connectivity index (χ4n) is 4.37. The molecule has 174 valence electrons. The monoisotopic (exact) mass is 447 g/mol. The molecule has 7 nitrogen and oxygen atoms in total. The Bertz CT molecular complexity index is 1090. The predicted molar refractivity (Wildman–Crippen MR) is 133 cm³/mol. The van der Waals surface area contributed by atoms with Crippen LogP contribution in [-0.4, -0.2) is 74.7 Å². The molecule has 0 bridgehead atoms. The number of para-hydroxylation sites is 1. The first-order chi connectivity index (χ1) is 16.2. The van der Waals surface area contributed by atoms with Crippen molar-refractivity contribution < 1.29 is 9.47 Å². The number of ether oxygens (including phenoxy) is 2. The number of hydrogen-bond donors (Lipinski definition) is 1. The van der Waals surface area contributed by atoms with E-state index >= 15 is 0 Å². The van der Waals surface area contributed by atoms with Crippen molar-refractivity contribution in [2.75, 3.05) is 54.0 Å². The molecule has 4 rings (SSSR count). The molecule has 0 unspecified atom stereocenters. The van der Waals surface area contributed by atoms with Gasteiger partial charge in [0.2, 0.25) is 0 Å². The van der Waals surface area contributed by atoms with Crippen molar-refractivity contribution in [2.45, 2.75) is 13.0 Å². The maximum Gasteiger partial charge on any atom is 0.193 e. The number of pyridine rings is 1. The van der Waals surface area contributed by atoms with E-state index < -0.39 is 0 Å². The first kappa shape index (κ1) is 22.9. The van der Waals surface area contributed by atoms with Crippen molar-refractivity contribution in [1.82, 2.24) is 20.1 Å². The number of rotatable bonds is 7. The van der Waals surface area contributed by atoms with E-state index in [9.17, 15) is 0 Å². The molecule has 3 aromatic rings. The maximum atomic E-state index is 5.54. The molecule has 0 radical (unpaired) electrons. The number of nitrogens with zero attached hydrogens (tertiary/aromatic N) is 4. The molecule has 1 N–H and O–H groups in total. The van der Waals surface area contributed by atoms with E-state index in [1.807, 2.05) is 31.4 Å². The van der Waals surface area contributed by atoms with Crippen molar-refractivity contribution in [3.8, 4) is 11.5 Å². The third-order valence-corrected chi connectivity index (χ3v) is 6.16. The van der Waals surface area contributed by atoms with Gasteiger partial charge in [0.05, 0.1) is 19.7 Å². The molecule has 1 aromatic heterocycles. The quantitative estimate of drug-likeness (QED) is 0.443. The Morgan fingerprint density at radius 3 is 2.58 bits per heavy atom. The summed E-state index contributed by atoms with van der Waals surface area (Å²) < 4.78 is 10.9. The average Bonchev–Trinajstić information content (AvgIpc) is 2.87. The average molecular weight is 448 g/mol. The summed E-state index contributed by atoms with van der Waals surface area (Å²) in [5, 5.41) is 4.73. The highest BCUT2D eigenvalue weighted by atomic mass is 16.5. The first-order valence-electron chi connectivity index (χ1n) is 11.4. The van der Waals surface area contributed by atoms with Crippen LogP contribution in [0.1, 0.15) is 11.1 Å². The highest BCUT2D eigenvalue weighted by Crippen LogP contribution is 2.25. The lowest BCUT2D eigenvalue weighted by molar-refractivity contribution is 0.171. The summed E-state index contributed by atoms with van der Waals surface area (Å²) in [4.78, 5) is 13.9. The second kappa shape index (κ2) is 11.0. The van der Waals surface area contributed by atoms with Crippen LogP contribution in [-0.2, 0) is 13.0 Å². The molecule has 1 saturated heterocycles. The molecule has 1 aliphatic rings. The Morgan fingerprint density at radius 2 is 1.82 bits per heavy atom. The molecule has 0 atom stereocenters. The summed E-state index contributed by atoms with van der Waals surface area (Å²) in [5.41, 5.74) is 3.49. The van der Waals surface area contributed by atoms with Crippen LogP contribution in [0, 0.1) is 0 Å². The number of methoxy groups -OCH3 is 2. The number of aliphatic imine (C=N–C) groups is 1. The largest absolute Gasteiger partial charge is 0.497 e. The molecular weight excluding hydrogens is 414 g/mol. The zero-order valence-corrected chi connectivity index (χ0v) is 19.8. The standard InChI is InChI=1S/C26H33N5O2/c1-27-26(29-13-11-21-7-4-6-20-8-5-12-28-25(20)21)31-16-14-30(15-17-31)19-22-18-23(32-2)9-10-24(22)33-3/h4-10,12,18H,11,13-17,19H2,1-3H3,(H,27,29). The molecule has 0 saturated carbocycles. The van der Waals surface area contributed by atoms with Gasteiger partial charge in [0.15, 0.2) is 5.96 Å². The Hall–Kier alpha value is -3.32. The molecule has 7 heteroatoms. The summed E-state index contributed by atoms with van der Waals surface area (Å²) >= 11 is 0. The van der Waals surface area contributed by atoms with Crippen LogP contribution in [0.5, 0.6) is 11.5 Å². The van der Waals surface area contributed by atoms with E-state index in [2.05, 4.69) is 55.4 Å². The van der Waals surface area contributed by atoms with Gasteiger partial charge in [-0.3, -0.25) is 14.9 Å². The van der Waals surface area contributed by atoms with Crippen molar-refractivity contribution in [3.05, 3.63) is 65.9 Å². The van der Waals surface area contributed by atoms with Crippen molar-refractivity contribution >= 4 is 16.9 Å². The highest BCUT2D eigenvalue weighted by Gasteiger charge is 2.21. The fraction of sp³-hybridized carbons (Fsp3) is 0.385. The van der Waals surface area contributed by atoms with Crippen molar-refractivity contribution in [1.29, 1.82) is 0 Å². The van der Waals surface area contributed by atoms with E-state index in [-0.39, 0.29) is 0 Å². The van der Waals surface area contributed by atoms with Crippen LogP contribution in [0.2, 0.25) is 0 Å². The minimum atomic E-state index is 0.823. The molecule has 0 amide bonds. The molecule has 2 aromatic carbocycles. The Morgan fingerprint density at radius 1 is 1.00 bits per heavy atom. The number of benzene rings is 2. The van der Waals surface area contributed by atoms with Gasteiger partial charge in [-0.05, 0) is 36.2 Å². The Labute approximate surface area is 196 Å². The Kier molecular flexibility index (Phi) is 7.62. The maximum absolute atomic E-state index is 5.54. The van der Waals surface area contributed by atoms with E-state index in [0.717, 1.165) is 74.2 Å². The normalized spacial score (nSPS) is 15.0. The van der Waals surface area contributed by atoms with Gasteiger partial charge in [0.1, 0.15) is 11.5 Å². The van der Waals surface area contributed by atoms with Crippen LogP contribution in [0.4, 0.5) is 0 Å². The van der Waals surface area contributed by atoms with Gasteiger partial charge < -0.3 is 19.7 Å². The number of fused-ring (bicyclic) bond motifs is 1. The number of aromatic nitrogens is 1. The molecule has 2 heterocycles. The number of guanidine groups is 1. The lowest BCUT2D eigenvalue weighted by Gasteiger charge is -2.36. The van der Waals surface area contributed by atoms with Gasteiger partial charge in [-0.1, -0.05) is 24.3 Å². The second-order valence-electron chi connectivity index (χ2n) is 8.16. The molecule has 0 spiro atoms. The summed E-state index contributed by atoms with van der Waals surface area (Å²) in [6.45, 7) is 5.46. The van der Waals surface area contributed by atoms with Crippen molar-refractivity contribution in [2.24, 2.45) is 4.99 Å². The molecule has 1 fully saturated rings. The number of hydrogen-bond acceptors (Lipinski definition) is 5. The van der Waals surface area contributed by atoms with E-state index in [0.29, 0.717) is 0 Å². The van der Waals surface area contributed by atoms with Gasteiger partial charge in [-0.25, -0.2) is 0 Å². The van der Waals surface area contributed by atoms with Gasteiger partial charge >= 0.3 is 0 Å². The van der Waals surface area contributed by atoms with Gasteiger partial charge in [0.25, 0.3) is 0 Å². The zero-order valence-electron chi connectivity index (χ0n) is 19.8. The topological polar surface area (TPSA) is 62.2 Å². The summed E-state index contributed by atoms with van der Waals surface area (Å²) in [6.07, 6.45) is 2.77. The summed E-state index contributed by atoms with van der Waals surface area (Å²) in [7, 11) is 5.27. The number of nitrogens with one attached hydrogen (secondary N) is 1. The predicted octanol–water partition coefficient (Wildman–Crippen LogP) is 3.19. The zero-order chi connectivity index (χ0) is 23.0. The van der Waals surface area contributed by atoms with Gasteiger partial charge in [-0.15, -0.1) is 0 Å². The third-order valence-electron chi connectivity index (χ3n) is 6.16. The van der Waals surface area contributed by atoms with Crippen LogP contribution in [0.25, 0.3) is 10.9 Å². The molecule has 33 heavy (non-hydrogen) atoms. The highest BCUT2D eigenvalue weighted by molar-refractivity contribution is 5.82. The smallest absolute Gasteiger partial charge is 0.193 e. The summed E-state index contributed by atoms with van der Waals surface area (Å²) in [6, 6.07) is 16.4. The molecular formula is C26H33N5O2. The molecule has 1 aliphatic heterocycles. The lowest BCUT2D eigenvalue weighted by Crippen LogP contribution is -2.52. The van der Waals surface area contributed by atoms with Crippen molar-refractivity contribution in [3.63, 3.8) is 0 Å². The SMILES string of the molecule is CN=C(NCCc1cccc2cccnc12)N1CCN(Cc2cc(OC)ccc2OC)CC1. The van der Waals surface area contributed by atoms with Crippen LogP contribution >= 0.6 is 0 Å². The van der Waals surface area contributed by atoms with E-state index in [4.69, 9.17) is 9.47 Å². The minimum absolute atomic E-state index is 0.823. The minimum Gasteiger partial charge on any atom is -0.497 e. The lowest BCUT2D eigenvalue weighted by atomic mass is 10.1. The first-order valence-corrected chi connectivity index (χ1v) is 11.4. The van der Waals surface area contributed by atoms with E-state index in [1.54, 1.807) is 14.2 Å². The summed E-state index contributed by atoms with van der Waals surface area (Å²) in [5.74, 6) is 2.72. The Balaban J connectivity index is 1.30. The van der Waals surface area contributed by atoms with Gasteiger partial charge in [-0.2, -0.15) is 0 Å². The fourth-order valence-corrected chi connectivity index (χ4v) is 4.37. The van der Waals surface area contributed by atoms with Gasteiger partial charge in [0, 0.05) is 63.5 Å². The number of piperazine rings is 1. The van der Waals surface area contributed by atoms with Crippen LogP contribution in [0.15, 0.2) is 59.7 Å². The third kappa shape index (κ3) is 5.54.